The van der Waals surface area contributed by atoms with Gasteiger partial charge in [0.25, 0.3) is 0 Å². The molecule has 0 radical (unpaired) electrons. The van der Waals surface area contributed by atoms with Crippen molar-refractivity contribution in [3.05, 3.63) is 107 Å². The van der Waals surface area contributed by atoms with Gasteiger partial charge in [0.1, 0.15) is 11.1 Å². The Morgan fingerprint density at radius 3 is 2.25 bits per heavy atom. The maximum Gasteiger partial charge on any atom is 0.234 e. The van der Waals surface area contributed by atoms with E-state index in [1.807, 2.05) is 32.9 Å². The second kappa shape index (κ2) is 18.6. The highest BCUT2D eigenvalue weighted by Crippen LogP contribution is 2.43. The fourth-order valence-electron chi connectivity index (χ4n) is 9.24. The Bertz CT molecular complexity index is 2540. The van der Waals surface area contributed by atoms with Crippen LogP contribution >= 0.6 is 11.3 Å². The number of hydrogen-bond donors (Lipinski definition) is 3. The predicted octanol–water partition coefficient (Wildman–Crippen LogP) is 8.80. The molecule has 3 aromatic carbocycles. The lowest BCUT2D eigenvalue weighted by Gasteiger charge is -2.38. The van der Waals surface area contributed by atoms with Gasteiger partial charge in [-0.3, -0.25) is 14.9 Å². The largest absolute Gasteiger partial charge is 0.372 e. The molecule has 0 saturated carbocycles. The van der Waals surface area contributed by atoms with Crippen LogP contribution in [0.2, 0.25) is 0 Å². The molecule has 0 aliphatic carbocycles. The van der Waals surface area contributed by atoms with Crippen molar-refractivity contribution in [1.82, 2.24) is 25.2 Å². The van der Waals surface area contributed by atoms with Gasteiger partial charge < -0.3 is 15.1 Å². The van der Waals surface area contributed by atoms with E-state index in [9.17, 15) is 18.0 Å². The number of aromatic nitrogens is 3. The van der Waals surface area contributed by atoms with Crippen LogP contribution < -0.4 is 20.7 Å². The molecule has 8 rings (SSSR count). The van der Waals surface area contributed by atoms with E-state index in [2.05, 4.69) is 61.8 Å². The van der Waals surface area contributed by atoms with Crippen LogP contribution in [0.25, 0.3) is 21.8 Å². The number of hydrogen-bond acceptors (Lipinski definition) is 11. The lowest BCUT2D eigenvalue weighted by atomic mass is 9.88. The van der Waals surface area contributed by atoms with Crippen LogP contribution in [0.15, 0.2) is 79.0 Å². The van der Waals surface area contributed by atoms with Crippen LogP contribution in [-0.4, -0.2) is 72.8 Å². The quantitative estimate of drug-likeness (QED) is 0.103. The molecule has 5 heterocycles. The standard InChI is InChI=1S/C48H57FN8O4S2/c1-5-40(63(50,60)61)37-7-6-8-38(42(37)49)43-44(62-46(55-43)48(2,3)4)39-19-24-51-47(53-39)52-34-13-9-31(10-14-34)32-22-25-56(26-23-32)29-30-20-27-57(28-21-30)35-15-11-33(12-16-35)36-17-18-41(58)54-45(36)59/h6-16,19,24,30,32,36,40H,5,17-18,20-23,25-29H2,1-4H3,(H2,50,60,61)(H,51,52,53)(H,54,58,59). The maximum absolute atomic E-state index is 16.3. The molecule has 3 fully saturated rings. The lowest BCUT2D eigenvalue weighted by Crippen LogP contribution is -2.41. The number of halogens is 1. The zero-order valence-electron chi connectivity index (χ0n) is 36.4. The van der Waals surface area contributed by atoms with Gasteiger partial charge >= 0.3 is 0 Å². The zero-order chi connectivity index (χ0) is 44.5. The van der Waals surface area contributed by atoms with Crippen molar-refractivity contribution in [2.24, 2.45) is 11.1 Å². The van der Waals surface area contributed by atoms with Crippen LogP contribution in [0.5, 0.6) is 0 Å². The number of benzene rings is 3. The van der Waals surface area contributed by atoms with Gasteiger partial charge in [0, 0.05) is 60.2 Å². The highest BCUT2D eigenvalue weighted by atomic mass is 32.2. The minimum Gasteiger partial charge on any atom is -0.372 e. The summed E-state index contributed by atoms with van der Waals surface area (Å²) in [6.07, 6.45) is 7.32. The third-order valence-electron chi connectivity index (χ3n) is 12.8. The van der Waals surface area contributed by atoms with E-state index in [4.69, 9.17) is 15.1 Å². The lowest BCUT2D eigenvalue weighted by molar-refractivity contribution is -0.134. The first-order valence-corrected chi connectivity index (χ1v) is 24.5. The van der Waals surface area contributed by atoms with E-state index in [1.54, 1.807) is 31.3 Å². The van der Waals surface area contributed by atoms with Crippen molar-refractivity contribution < 1.29 is 22.4 Å². The second-order valence-corrected chi connectivity index (χ2v) is 21.0. The van der Waals surface area contributed by atoms with E-state index >= 15 is 4.39 Å². The van der Waals surface area contributed by atoms with Crippen molar-refractivity contribution >= 4 is 50.5 Å². The summed E-state index contributed by atoms with van der Waals surface area (Å²) in [5, 5.41) is 11.0. The summed E-state index contributed by atoms with van der Waals surface area (Å²) in [4.78, 5) is 43.9. The van der Waals surface area contributed by atoms with Crippen LogP contribution in [0.1, 0.15) is 111 Å². The summed E-state index contributed by atoms with van der Waals surface area (Å²) in [5.41, 5.74) is 5.21. The SMILES string of the molecule is CCC(c1cccc(-c2nc(C(C)(C)C)sc2-c2ccnc(Nc3ccc(C4CCN(CC5CCN(c6ccc(C7CCC(=O)NC7=O)cc6)CC5)CC4)cc3)n2)c1F)S(N)(=O)=O. The van der Waals surface area contributed by atoms with E-state index in [1.165, 1.54) is 28.7 Å². The zero-order valence-corrected chi connectivity index (χ0v) is 38.1. The second-order valence-electron chi connectivity index (χ2n) is 18.3. The molecule has 63 heavy (non-hydrogen) atoms. The number of nitrogens with zero attached hydrogens (tertiary/aromatic N) is 5. The number of thiazole rings is 1. The van der Waals surface area contributed by atoms with Gasteiger partial charge in [-0.1, -0.05) is 64.1 Å². The Labute approximate surface area is 374 Å². The molecule has 3 aliphatic rings. The molecular formula is C48H57FN8O4S2. The van der Waals surface area contributed by atoms with Crippen LogP contribution in [-0.2, 0) is 25.0 Å². The van der Waals surface area contributed by atoms with Crippen LogP contribution in [0.4, 0.5) is 21.7 Å². The van der Waals surface area contributed by atoms with E-state index in [0.29, 0.717) is 46.9 Å². The Hall–Kier alpha value is -5.09. The molecule has 332 valence electrons. The molecule has 0 bridgehead atoms. The van der Waals surface area contributed by atoms with Crippen molar-refractivity contribution in [3.63, 3.8) is 0 Å². The number of amides is 2. The summed E-state index contributed by atoms with van der Waals surface area (Å²) >= 11 is 1.43. The average molecular weight is 893 g/mol. The molecule has 2 aromatic heterocycles. The predicted molar refractivity (Wildman–Crippen MR) is 248 cm³/mol. The molecule has 5 aromatic rings. The molecule has 2 unspecified atom stereocenters. The van der Waals surface area contributed by atoms with Crippen molar-refractivity contribution in [3.8, 4) is 21.8 Å². The molecule has 2 amide bonds. The number of imide groups is 1. The molecule has 4 N–H and O–H groups in total. The number of anilines is 3. The Kier molecular flexibility index (Phi) is 13.1. The number of nitrogens with one attached hydrogen (secondary N) is 2. The minimum atomic E-state index is -4.04. The highest BCUT2D eigenvalue weighted by molar-refractivity contribution is 7.89. The van der Waals surface area contributed by atoms with Crippen LogP contribution in [0.3, 0.4) is 0 Å². The summed E-state index contributed by atoms with van der Waals surface area (Å²) in [5.74, 6) is 0.288. The normalized spacial score (nSPS) is 19.0. The van der Waals surface area contributed by atoms with Gasteiger partial charge in [0.15, 0.2) is 0 Å². The van der Waals surface area contributed by atoms with Crippen LogP contribution in [0, 0.1) is 11.7 Å². The Balaban J connectivity index is 0.860. The molecule has 3 saturated heterocycles. The Morgan fingerprint density at radius 1 is 0.905 bits per heavy atom. The van der Waals surface area contributed by atoms with E-state index in [0.717, 1.165) is 74.7 Å². The summed E-state index contributed by atoms with van der Waals surface area (Å²) < 4.78 is 41.1. The van der Waals surface area contributed by atoms with Gasteiger partial charge in [-0.15, -0.1) is 11.3 Å². The molecule has 2 atom stereocenters. The first-order valence-electron chi connectivity index (χ1n) is 22.1. The molecule has 0 spiro atoms. The summed E-state index contributed by atoms with van der Waals surface area (Å²) in [6, 6.07) is 23.4. The first kappa shape index (κ1) is 44.5. The summed E-state index contributed by atoms with van der Waals surface area (Å²) in [6.45, 7) is 13.2. The fraction of sp³-hybridized carbons (Fsp3) is 0.438. The van der Waals surface area contributed by atoms with E-state index < -0.39 is 21.1 Å². The topological polar surface area (TPSA) is 164 Å². The minimum absolute atomic E-state index is 0.0238. The summed E-state index contributed by atoms with van der Waals surface area (Å²) in [7, 11) is -4.04. The fourth-order valence-corrected chi connectivity index (χ4v) is 11.3. The highest BCUT2D eigenvalue weighted by Gasteiger charge is 2.31. The van der Waals surface area contributed by atoms with Gasteiger partial charge in [-0.2, -0.15) is 0 Å². The van der Waals surface area contributed by atoms with Crippen molar-refractivity contribution in [2.75, 3.05) is 42.9 Å². The number of likely N-dealkylation sites (tertiary alicyclic amines) is 1. The first-order chi connectivity index (χ1) is 30.1. The third-order valence-corrected chi connectivity index (χ3v) is 15.7. The average Bonchev–Trinajstić information content (AvgIpc) is 3.72. The van der Waals surface area contributed by atoms with Gasteiger partial charge in [-0.05, 0) is 111 Å². The van der Waals surface area contributed by atoms with Crippen molar-refractivity contribution in [2.45, 2.75) is 95.1 Å². The number of rotatable bonds is 12. The number of sulfonamides is 1. The molecular weight excluding hydrogens is 836 g/mol. The van der Waals surface area contributed by atoms with Gasteiger partial charge in [-0.25, -0.2) is 32.9 Å². The monoisotopic (exact) mass is 892 g/mol. The van der Waals surface area contributed by atoms with Crippen molar-refractivity contribution in [1.29, 1.82) is 0 Å². The number of nitrogens with two attached hydrogens (primary N) is 1. The number of carbonyl (C=O) groups is 2. The molecule has 12 nitrogen and oxygen atoms in total. The maximum atomic E-state index is 16.3. The van der Waals surface area contributed by atoms with Gasteiger partial charge in [0.05, 0.1) is 27.2 Å². The Morgan fingerprint density at radius 2 is 1.60 bits per heavy atom. The molecule has 3 aliphatic heterocycles. The number of carbonyl (C=O) groups excluding carboxylic acids is 2. The third kappa shape index (κ3) is 10.2. The number of piperidine rings is 3. The smallest absolute Gasteiger partial charge is 0.234 e. The van der Waals surface area contributed by atoms with E-state index in [-0.39, 0.29) is 40.7 Å². The molecule has 15 heteroatoms. The number of primary sulfonamides is 1. The van der Waals surface area contributed by atoms with Gasteiger partial charge in [0.2, 0.25) is 27.8 Å².